The number of fused-ring (bicyclic) bond motifs is 1. The van der Waals surface area contributed by atoms with Crippen LogP contribution in [0.5, 0.6) is 0 Å². The number of para-hydroxylation sites is 1. The van der Waals surface area contributed by atoms with Gasteiger partial charge in [-0.2, -0.15) is 4.31 Å². The first kappa shape index (κ1) is 20.3. The first-order valence-corrected chi connectivity index (χ1v) is 11.2. The van der Waals surface area contributed by atoms with Crippen molar-refractivity contribution in [1.82, 2.24) is 19.2 Å². The van der Waals surface area contributed by atoms with Gasteiger partial charge in [0.1, 0.15) is 10.7 Å². The van der Waals surface area contributed by atoms with Crippen LogP contribution in [0, 0.1) is 0 Å². The summed E-state index contributed by atoms with van der Waals surface area (Å²) < 4.78 is 27.2. The average molecular weight is 453 g/mol. The van der Waals surface area contributed by atoms with Gasteiger partial charge in [0.15, 0.2) is 0 Å². The number of hydrogen-bond acceptors (Lipinski definition) is 5. The first-order chi connectivity index (χ1) is 13.8. The van der Waals surface area contributed by atoms with E-state index in [-0.39, 0.29) is 15.5 Å². The van der Waals surface area contributed by atoms with Crippen molar-refractivity contribution in [1.29, 1.82) is 0 Å². The predicted molar refractivity (Wildman–Crippen MR) is 113 cm³/mol. The zero-order valence-corrected chi connectivity index (χ0v) is 17.6. The van der Waals surface area contributed by atoms with Crippen molar-refractivity contribution in [2.75, 3.05) is 26.2 Å². The zero-order valence-electron chi connectivity index (χ0n) is 15.3. The van der Waals surface area contributed by atoms with Crippen LogP contribution in [-0.4, -0.2) is 53.8 Å². The van der Waals surface area contributed by atoms with Crippen molar-refractivity contribution >= 4 is 44.1 Å². The molecule has 4 rings (SSSR count). The van der Waals surface area contributed by atoms with Gasteiger partial charge < -0.3 is 4.98 Å². The number of aromatic nitrogens is 2. The lowest BCUT2D eigenvalue weighted by Gasteiger charge is -2.33. The second-order valence-corrected chi connectivity index (χ2v) is 9.53. The molecule has 0 unspecified atom stereocenters. The van der Waals surface area contributed by atoms with E-state index in [0.29, 0.717) is 54.5 Å². The van der Waals surface area contributed by atoms with Crippen molar-refractivity contribution in [3.63, 3.8) is 0 Å². The van der Waals surface area contributed by atoms with Gasteiger partial charge in [-0.3, -0.25) is 9.69 Å². The highest BCUT2D eigenvalue weighted by Crippen LogP contribution is 2.28. The van der Waals surface area contributed by atoms with E-state index in [1.165, 1.54) is 16.4 Å². The maximum absolute atomic E-state index is 12.9. The predicted octanol–water partition coefficient (Wildman–Crippen LogP) is 2.74. The average Bonchev–Trinajstić information content (AvgIpc) is 2.70. The molecule has 0 amide bonds. The molecule has 1 aliphatic heterocycles. The van der Waals surface area contributed by atoms with E-state index >= 15 is 0 Å². The van der Waals surface area contributed by atoms with Gasteiger partial charge in [0.05, 0.1) is 22.5 Å². The lowest BCUT2D eigenvalue weighted by atomic mass is 10.2. The van der Waals surface area contributed by atoms with Gasteiger partial charge in [0.2, 0.25) is 10.0 Å². The fourth-order valence-corrected chi connectivity index (χ4v) is 5.52. The molecule has 0 aliphatic carbocycles. The topological polar surface area (TPSA) is 86.4 Å². The molecule has 1 aliphatic rings. The Kier molecular flexibility index (Phi) is 5.63. The second-order valence-electron chi connectivity index (χ2n) is 6.78. The highest BCUT2D eigenvalue weighted by Gasteiger charge is 2.30. The van der Waals surface area contributed by atoms with Gasteiger partial charge in [-0.15, -0.1) is 0 Å². The summed E-state index contributed by atoms with van der Waals surface area (Å²) >= 11 is 12.0. The summed E-state index contributed by atoms with van der Waals surface area (Å²) in [4.78, 5) is 21.6. The highest BCUT2D eigenvalue weighted by atomic mass is 35.5. The van der Waals surface area contributed by atoms with Crippen LogP contribution in [-0.2, 0) is 16.6 Å². The summed E-state index contributed by atoms with van der Waals surface area (Å²) in [5.41, 5.74) is 0.463. The number of halogens is 2. The quantitative estimate of drug-likeness (QED) is 0.657. The van der Waals surface area contributed by atoms with Gasteiger partial charge in [0, 0.05) is 31.2 Å². The fourth-order valence-electron chi connectivity index (χ4n) is 3.36. The number of benzene rings is 2. The minimum atomic E-state index is -3.73. The van der Waals surface area contributed by atoms with E-state index in [9.17, 15) is 13.2 Å². The fraction of sp³-hybridized carbons (Fsp3) is 0.263. The molecule has 3 aromatic rings. The Labute approximate surface area is 177 Å². The Hall–Kier alpha value is -1.97. The smallest absolute Gasteiger partial charge is 0.258 e. The van der Waals surface area contributed by atoms with Gasteiger partial charge >= 0.3 is 0 Å². The number of rotatable bonds is 4. The van der Waals surface area contributed by atoms with Crippen molar-refractivity contribution in [2.45, 2.75) is 11.4 Å². The molecule has 0 spiro atoms. The van der Waals surface area contributed by atoms with Gasteiger partial charge in [-0.1, -0.05) is 35.3 Å². The van der Waals surface area contributed by atoms with Gasteiger partial charge in [-0.25, -0.2) is 13.4 Å². The van der Waals surface area contributed by atoms with E-state index < -0.39 is 10.0 Å². The summed E-state index contributed by atoms with van der Waals surface area (Å²) in [5, 5.41) is 1.01. The van der Waals surface area contributed by atoms with Crippen LogP contribution in [0.4, 0.5) is 0 Å². The van der Waals surface area contributed by atoms with E-state index in [2.05, 4.69) is 14.9 Å². The Bertz CT molecular complexity index is 1220. The summed E-state index contributed by atoms with van der Waals surface area (Å²) in [6.07, 6.45) is 0. The van der Waals surface area contributed by atoms with E-state index in [1.807, 2.05) is 6.07 Å². The highest BCUT2D eigenvalue weighted by molar-refractivity contribution is 7.89. The largest absolute Gasteiger partial charge is 0.309 e. The van der Waals surface area contributed by atoms with Crippen LogP contribution >= 0.6 is 23.2 Å². The van der Waals surface area contributed by atoms with E-state index in [4.69, 9.17) is 23.2 Å². The van der Waals surface area contributed by atoms with E-state index in [0.717, 1.165) is 0 Å². The summed E-state index contributed by atoms with van der Waals surface area (Å²) in [6, 6.07) is 11.6. The Morgan fingerprint density at radius 3 is 2.52 bits per heavy atom. The molecule has 1 saturated heterocycles. The molecule has 1 fully saturated rings. The molecule has 0 saturated carbocycles. The van der Waals surface area contributed by atoms with Crippen molar-refractivity contribution in [2.24, 2.45) is 0 Å². The monoisotopic (exact) mass is 452 g/mol. The number of piperazine rings is 1. The number of nitrogens with one attached hydrogen (secondary N) is 1. The number of aromatic amines is 1. The van der Waals surface area contributed by atoms with Crippen LogP contribution in [0.15, 0.2) is 52.2 Å². The van der Waals surface area contributed by atoms with Crippen molar-refractivity contribution in [3.8, 4) is 0 Å². The molecule has 2 heterocycles. The van der Waals surface area contributed by atoms with Crippen molar-refractivity contribution < 1.29 is 8.42 Å². The number of hydrogen-bond donors (Lipinski definition) is 1. The molecule has 10 heteroatoms. The molecular weight excluding hydrogens is 435 g/mol. The third-order valence-electron chi connectivity index (χ3n) is 4.88. The van der Waals surface area contributed by atoms with Crippen LogP contribution in [0.25, 0.3) is 10.9 Å². The van der Waals surface area contributed by atoms with Crippen LogP contribution in [0.3, 0.4) is 0 Å². The lowest BCUT2D eigenvalue weighted by molar-refractivity contribution is 0.178. The SMILES string of the molecule is O=c1[nH]c(CN2CCN(S(=O)(=O)c3cc(Cl)ccc3Cl)CC2)nc2ccccc12. The second kappa shape index (κ2) is 8.04. The minimum Gasteiger partial charge on any atom is -0.309 e. The number of nitrogens with zero attached hydrogens (tertiary/aromatic N) is 3. The Balaban J connectivity index is 1.47. The summed E-state index contributed by atoms with van der Waals surface area (Å²) in [6.45, 7) is 2.07. The zero-order chi connectivity index (χ0) is 20.6. The Morgan fingerprint density at radius 1 is 1.03 bits per heavy atom. The lowest BCUT2D eigenvalue weighted by Crippen LogP contribution is -2.48. The maximum Gasteiger partial charge on any atom is 0.258 e. The third-order valence-corrected chi connectivity index (χ3v) is 7.49. The van der Waals surface area contributed by atoms with Gasteiger partial charge in [-0.05, 0) is 30.3 Å². The van der Waals surface area contributed by atoms with E-state index in [1.54, 1.807) is 24.3 Å². The molecule has 1 N–H and O–H groups in total. The van der Waals surface area contributed by atoms with Gasteiger partial charge in [0.25, 0.3) is 5.56 Å². The molecule has 152 valence electrons. The molecule has 29 heavy (non-hydrogen) atoms. The molecule has 1 aromatic heterocycles. The standard InChI is InChI=1S/C19H18Cl2N4O3S/c20-13-5-6-15(21)17(11-13)29(27,28)25-9-7-24(8-10-25)12-18-22-16-4-2-1-3-14(16)19(26)23-18/h1-6,11H,7-10,12H2,(H,22,23,26). The Morgan fingerprint density at radius 2 is 1.76 bits per heavy atom. The molecular formula is C19H18Cl2N4O3S. The summed E-state index contributed by atoms with van der Waals surface area (Å²) in [7, 11) is -3.73. The van der Waals surface area contributed by atoms with Crippen LogP contribution in [0.2, 0.25) is 10.0 Å². The minimum absolute atomic E-state index is 0.0145. The normalized spacial score (nSPS) is 16.3. The molecule has 0 radical (unpaired) electrons. The molecule has 2 aromatic carbocycles. The van der Waals surface area contributed by atoms with Crippen molar-refractivity contribution in [3.05, 3.63) is 68.7 Å². The summed E-state index contributed by atoms with van der Waals surface area (Å²) in [5.74, 6) is 0.558. The molecule has 7 nitrogen and oxygen atoms in total. The molecule has 0 bridgehead atoms. The molecule has 0 atom stereocenters. The van der Waals surface area contributed by atoms with Crippen LogP contribution < -0.4 is 5.56 Å². The van der Waals surface area contributed by atoms with Crippen LogP contribution in [0.1, 0.15) is 5.82 Å². The maximum atomic E-state index is 12.9. The number of H-pyrrole nitrogens is 1. The number of sulfonamides is 1. The third kappa shape index (κ3) is 4.17. The first-order valence-electron chi connectivity index (χ1n) is 9.00.